The van der Waals surface area contributed by atoms with Crippen LogP contribution in [0, 0.1) is 0 Å². The van der Waals surface area contributed by atoms with Crippen molar-refractivity contribution in [2.24, 2.45) is 0 Å². The number of amides is 2. The van der Waals surface area contributed by atoms with E-state index in [1.807, 2.05) is 0 Å². The van der Waals surface area contributed by atoms with Gasteiger partial charge in [0.1, 0.15) is 0 Å². The maximum atomic E-state index is 13.0. The molecule has 0 spiro atoms. The van der Waals surface area contributed by atoms with Gasteiger partial charge in [0, 0.05) is 34.9 Å². The van der Waals surface area contributed by atoms with Crippen molar-refractivity contribution in [1.29, 1.82) is 0 Å². The van der Waals surface area contributed by atoms with Gasteiger partial charge in [-0.25, -0.2) is 13.2 Å². The molecule has 0 unspecified atom stereocenters. The molecule has 36 heavy (non-hydrogen) atoms. The minimum atomic E-state index is -4.57. The molecule has 1 heterocycles. The van der Waals surface area contributed by atoms with Gasteiger partial charge in [0.25, 0.3) is 10.0 Å². The summed E-state index contributed by atoms with van der Waals surface area (Å²) in [7, 11) is -4.01. The van der Waals surface area contributed by atoms with Gasteiger partial charge < -0.3 is 10.6 Å². The Morgan fingerprint density at radius 3 is 2.25 bits per heavy atom. The summed E-state index contributed by atoms with van der Waals surface area (Å²) in [6, 6.07) is 19.1. The number of rotatable bonds is 6. The molecule has 0 bridgehead atoms. The van der Waals surface area contributed by atoms with Gasteiger partial charge in [-0.05, 0) is 48.5 Å². The average molecular weight is 513 g/mol. The summed E-state index contributed by atoms with van der Waals surface area (Å²) < 4.78 is 67.4. The fraction of sp³-hybridized carbons (Fsp3) is 0.0400. The largest absolute Gasteiger partial charge is 0.416 e. The standard InChI is InChI=1S/C25H19F3N4O3S/c26-25(27,28)18-7-4-10-20(14-18)30-24(33)31-23-15-21(11-12-22(23)17-6-5-13-29-16-17)36(34,35)32-19-8-2-1-3-9-19/h1-16,32H,(H2,30,31,33). The molecule has 0 saturated carbocycles. The van der Waals surface area contributed by atoms with Gasteiger partial charge in [-0.3, -0.25) is 9.71 Å². The Bertz CT molecular complexity index is 1480. The molecule has 0 fully saturated rings. The molecule has 184 valence electrons. The van der Waals surface area contributed by atoms with Crippen molar-refractivity contribution in [1.82, 2.24) is 4.98 Å². The number of nitrogens with zero attached hydrogens (tertiary/aromatic N) is 1. The topological polar surface area (TPSA) is 100 Å². The molecule has 0 saturated heterocycles. The third kappa shape index (κ3) is 5.99. The minimum Gasteiger partial charge on any atom is -0.308 e. The Morgan fingerprint density at radius 2 is 1.56 bits per heavy atom. The molecule has 7 nitrogen and oxygen atoms in total. The number of pyridine rings is 1. The van der Waals surface area contributed by atoms with Crippen LogP contribution in [0.4, 0.5) is 35.0 Å². The van der Waals surface area contributed by atoms with E-state index in [9.17, 15) is 26.4 Å². The van der Waals surface area contributed by atoms with Gasteiger partial charge in [0.05, 0.1) is 16.1 Å². The number of anilines is 3. The number of urea groups is 1. The number of para-hydroxylation sites is 1. The molecule has 3 aromatic carbocycles. The first-order chi connectivity index (χ1) is 17.1. The van der Waals surface area contributed by atoms with E-state index in [1.54, 1.807) is 48.7 Å². The van der Waals surface area contributed by atoms with E-state index in [1.165, 1.54) is 36.5 Å². The van der Waals surface area contributed by atoms with Crippen molar-refractivity contribution in [2.45, 2.75) is 11.1 Å². The molecule has 0 atom stereocenters. The van der Waals surface area contributed by atoms with Crippen LogP contribution in [-0.2, 0) is 16.2 Å². The van der Waals surface area contributed by atoms with E-state index < -0.39 is 27.8 Å². The molecule has 1 aromatic heterocycles. The zero-order chi connectivity index (χ0) is 25.8. The molecule has 0 aliphatic carbocycles. The van der Waals surface area contributed by atoms with E-state index in [4.69, 9.17) is 0 Å². The summed E-state index contributed by atoms with van der Waals surface area (Å²) in [5, 5.41) is 4.89. The molecule has 0 radical (unpaired) electrons. The molecule has 0 aliphatic rings. The zero-order valence-corrected chi connectivity index (χ0v) is 19.3. The number of alkyl halides is 3. The van der Waals surface area contributed by atoms with E-state index in [0.717, 1.165) is 12.1 Å². The second-order valence-corrected chi connectivity index (χ2v) is 9.26. The van der Waals surface area contributed by atoms with Crippen LogP contribution in [0.1, 0.15) is 5.56 Å². The number of halogens is 3. The number of hydrogen-bond donors (Lipinski definition) is 3. The summed E-state index contributed by atoms with van der Waals surface area (Å²) in [5.41, 5.74) is 0.512. The molecular weight excluding hydrogens is 493 g/mol. The van der Waals surface area contributed by atoms with Crippen molar-refractivity contribution >= 4 is 33.1 Å². The second-order valence-electron chi connectivity index (χ2n) is 7.58. The van der Waals surface area contributed by atoms with Crippen LogP contribution in [0.5, 0.6) is 0 Å². The lowest BCUT2D eigenvalue weighted by Gasteiger charge is -2.15. The predicted molar refractivity (Wildman–Crippen MR) is 131 cm³/mol. The SMILES string of the molecule is O=C(Nc1cccc(C(F)(F)F)c1)Nc1cc(S(=O)(=O)Nc2ccccc2)ccc1-c1cccnc1. The highest BCUT2D eigenvalue weighted by Gasteiger charge is 2.30. The monoisotopic (exact) mass is 512 g/mol. The van der Waals surface area contributed by atoms with Crippen molar-refractivity contribution in [3.63, 3.8) is 0 Å². The van der Waals surface area contributed by atoms with Crippen molar-refractivity contribution in [2.75, 3.05) is 15.4 Å². The van der Waals surface area contributed by atoms with Gasteiger partial charge in [0.2, 0.25) is 0 Å². The lowest BCUT2D eigenvalue weighted by molar-refractivity contribution is -0.137. The van der Waals surface area contributed by atoms with Crippen LogP contribution < -0.4 is 15.4 Å². The third-order valence-electron chi connectivity index (χ3n) is 5.00. The van der Waals surface area contributed by atoms with Crippen LogP contribution in [0.2, 0.25) is 0 Å². The van der Waals surface area contributed by atoms with Crippen molar-refractivity contribution < 1.29 is 26.4 Å². The number of hydrogen-bond acceptors (Lipinski definition) is 4. The van der Waals surface area contributed by atoms with Crippen molar-refractivity contribution in [3.8, 4) is 11.1 Å². The summed E-state index contributed by atoms with van der Waals surface area (Å²) in [6.07, 6.45) is -1.49. The van der Waals surface area contributed by atoms with Crippen molar-refractivity contribution in [3.05, 3.63) is 103 Å². The van der Waals surface area contributed by atoms with E-state index >= 15 is 0 Å². The molecular formula is C25H19F3N4O3S. The first-order valence-corrected chi connectivity index (χ1v) is 12.0. The average Bonchev–Trinajstić information content (AvgIpc) is 2.84. The minimum absolute atomic E-state index is 0.0835. The summed E-state index contributed by atoms with van der Waals surface area (Å²) in [6.45, 7) is 0. The van der Waals surface area contributed by atoms with Gasteiger partial charge in [-0.1, -0.05) is 36.4 Å². The third-order valence-corrected chi connectivity index (χ3v) is 6.37. The molecule has 11 heteroatoms. The van der Waals surface area contributed by atoms with E-state index in [2.05, 4.69) is 20.3 Å². The van der Waals surface area contributed by atoms with Crippen LogP contribution in [0.15, 0.2) is 102 Å². The fourth-order valence-electron chi connectivity index (χ4n) is 3.35. The lowest BCUT2D eigenvalue weighted by atomic mass is 10.1. The first-order valence-electron chi connectivity index (χ1n) is 10.5. The number of carbonyl (C=O) groups excluding carboxylic acids is 1. The predicted octanol–water partition coefficient (Wildman–Crippen LogP) is 6.21. The highest BCUT2D eigenvalue weighted by atomic mass is 32.2. The maximum absolute atomic E-state index is 13.0. The summed E-state index contributed by atoms with van der Waals surface area (Å²) in [4.78, 5) is 16.6. The smallest absolute Gasteiger partial charge is 0.308 e. The van der Waals surface area contributed by atoms with Gasteiger partial charge in [-0.15, -0.1) is 0 Å². The number of aromatic nitrogens is 1. The Morgan fingerprint density at radius 1 is 0.806 bits per heavy atom. The van der Waals surface area contributed by atoms with Gasteiger partial charge in [0.15, 0.2) is 0 Å². The normalized spacial score (nSPS) is 11.5. The highest BCUT2D eigenvalue weighted by Crippen LogP contribution is 2.32. The van der Waals surface area contributed by atoms with E-state index in [0.29, 0.717) is 16.8 Å². The summed E-state index contributed by atoms with van der Waals surface area (Å²) >= 11 is 0. The number of sulfonamides is 1. The Balaban J connectivity index is 1.65. The van der Waals surface area contributed by atoms with Gasteiger partial charge in [-0.2, -0.15) is 13.2 Å². The molecule has 3 N–H and O–H groups in total. The Hall–Kier alpha value is -4.38. The molecule has 2 amide bonds. The first kappa shape index (κ1) is 24.7. The molecule has 4 aromatic rings. The quantitative estimate of drug-likeness (QED) is 0.286. The number of carbonyl (C=O) groups is 1. The molecule has 0 aliphatic heterocycles. The second kappa shape index (κ2) is 10.1. The Labute approximate surface area is 205 Å². The highest BCUT2D eigenvalue weighted by molar-refractivity contribution is 7.92. The fourth-order valence-corrected chi connectivity index (χ4v) is 4.43. The summed E-state index contributed by atoms with van der Waals surface area (Å²) in [5.74, 6) is 0. The number of benzene rings is 3. The molecule has 4 rings (SSSR count). The van der Waals surface area contributed by atoms with Crippen LogP contribution >= 0.6 is 0 Å². The Kier molecular flexibility index (Phi) is 6.93. The van der Waals surface area contributed by atoms with Crippen LogP contribution in [0.3, 0.4) is 0 Å². The number of nitrogens with one attached hydrogen (secondary N) is 3. The van der Waals surface area contributed by atoms with E-state index in [-0.39, 0.29) is 16.3 Å². The maximum Gasteiger partial charge on any atom is 0.416 e. The van der Waals surface area contributed by atoms with Crippen LogP contribution in [0.25, 0.3) is 11.1 Å². The van der Waals surface area contributed by atoms with Crippen LogP contribution in [-0.4, -0.2) is 19.4 Å². The lowest BCUT2D eigenvalue weighted by Crippen LogP contribution is -2.21. The zero-order valence-electron chi connectivity index (χ0n) is 18.5. The van der Waals surface area contributed by atoms with Gasteiger partial charge >= 0.3 is 12.2 Å².